The molecule has 5 heterocycles. The lowest BCUT2D eigenvalue weighted by molar-refractivity contribution is -0.122. The van der Waals surface area contributed by atoms with E-state index in [1.54, 1.807) is 31.6 Å². The number of anilines is 2. The minimum atomic E-state index is -3.58. The maximum Gasteiger partial charge on any atom is 0.237 e. The maximum atomic E-state index is 16.5. The standard InChI is InChI=1S/C43H45ClFN7O6S/c1-57-42-28(23-52-17-14-29(53)24-52)19-35(44)43(49-42)58-37-11-10-32-31(4-2-5-33(32)37)34-6-3-7-36(38(34)45)48-40-39-26(12-15-46-40)18-25(20-47-39)21-51-16-13-27(22-51)41(54)50-59(55,56)30-8-9-30/h2-7,12,15,18-20,27,29-30,37,53H,8-11,13-14,16-17,21-24H2,1H3,(H,46,48)(H,50,54)/t27-,29-,37-/m1/s1. The molecule has 0 unspecified atom stereocenters. The molecule has 3 atom stereocenters. The van der Waals surface area contributed by atoms with Crippen LogP contribution in [0.15, 0.2) is 67.0 Å². The number of hydrogen-bond acceptors (Lipinski definition) is 12. The number of hydrogen-bond donors (Lipinski definition) is 3. The number of methoxy groups -OCH3 is 1. The molecular weight excluding hydrogens is 797 g/mol. The zero-order valence-electron chi connectivity index (χ0n) is 32.5. The van der Waals surface area contributed by atoms with E-state index in [0.717, 1.165) is 46.2 Å². The number of nitrogens with zero attached hydrogens (tertiary/aromatic N) is 5. The fourth-order valence-electron chi connectivity index (χ4n) is 8.57. The van der Waals surface area contributed by atoms with Gasteiger partial charge in [-0.25, -0.2) is 17.8 Å². The van der Waals surface area contributed by atoms with Crippen LogP contribution >= 0.6 is 11.6 Å². The highest BCUT2D eigenvalue weighted by molar-refractivity contribution is 7.90. The lowest BCUT2D eigenvalue weighted by atomic mass is 9.96. The van der Waals surface area contributed by atoms with Gasteiger partial charge in [-0.1, -0.05) is 41.9 Å². The van der Waals surface area contributed by atoms with Gasteiger partial charge in [0.15, 0.2) is 11.6 Å². The first kappa shape index (κ1) is 39.5. The Balaban J connectivity index is 0.889. The Hall–Kier alpha value is -4.93. The molecular formula is C43H45ClFN7O6S. The second-order valence-electron chi connectivity index (χ2n) is 15.9. The molecule has 2 aliphatic heterocycles. The predicted molar refractivity (Wildman–Crippen MR) is 222 cm³/mol. The molecule has 0 spiro atoms. The number of carbonyl (C=O) groups is 1. The van der Waals surface area contributed by atoms with Gasteiger partial charge in [-0.3, -0.25) is 24.3 Å². The number of aromatic nitrogens is 3. The number of nitrogens with one attached hydrogen (secondary N) is 2. The predicted octanol–water partition coefficient (Wildman–Crippen LogP) is 6.30. The van der Waals surface area contributed by atoms with Crippen molar-refractivity contribution in [2.24, 2.45) is 5.92 Å². The summed E-state index contributed by atoms with van der Waals surface area (Å²) in [6.45, 7) is 3.60. The summed E-state index contributed by atoms with van der Waals surface area (Å²) >= 11 is 6.72. The smallest absolute Gasteiger partial charge is 0.237 e. The van der Waals surface area contributed by atoms with E-state index in [4.69, 9.17) is 26.1 Å². The number of ether oxygens (including phenoxy) is 2. The van der Waals surface area contributed by atoms with Gasteiger partial charge < -0.3 is 19.9 Å². The van der Waals surface area contributed by atoms with Crippen molar-refractivity contribution in [1.29, 1.82) is 0 Å². The number of rotatable bonds is 13. The number of sulfonamides is 1. The number of benzene rings is 2. The van der Waals surface area contributed by atoms with Gasteiger partial charge in [0.1, 0.15) is 16.6 Å². The second-order valence-corrected chi connectivity index (χ2v) is 18.3. The van der Waals surface area contributed by atoms with E-state index in [2.05, 4.69) is 29.8 Å². The molecule has 4 aliphatic rings. The van der Waals surface area contributed by atoms with Crippen molar-refractivity contribution >= 4 is 49.9 Å². The fourth-order valence-corrected chi connectivity index (χ4v) is 10.2. The van der Waals surface area contributed by atoms with Gasteiger partial charge in [0, 0.05) is 61.6 Å². The summed E-state index contributed by atoms with van der Waals surface area (Å²) in [5.41, 5.74) is 5.74. The van der Waals surface area contributed by atoms with Gasteiger partial charge in [0.05, 0.1) is 30.1 Å². The zero-order chi connectivity index (χ0) is 40.8. The Kier molecular flexibility index (Phi) is 10.9. The summed E-state index contributed by atoms with van der Waals surface area (Å²) in [4.78, 5) is 30.8. The number of carbonyl (C=O) groups excluding carboxylic acids is 1. The lowest BCUT2D eigenvalue weighted by Gasteiger charge is -2.20. The number of halogens is 2. The van der Waals surface area contributed by atoms with Crippen molar-refractivity contribution in [3.05, 3.63) is 100 Å². The van der Waals surface area contributed by atoms with Crippen LogP contribution in [0.3, 0.4) is 0 Å². The van der Waals surface area contributed by atoms with E-state index in [1.807, 2.05) is 42.5 Å². The Morgan fingerprint density at radius 2 is 1.76 bits per heavy atom. The van der Waals surface area contributed by atoms with E-state index in [9.17, 15) is 18.3 Å². The Bertz CT molecular complexity index is 2540. The fraction of sp³-hybridized carbons (Fsp3) is 0.395. The highest BCUT2D eigenvalue weighted by Gasteiger charge is 2.39. The zero-order valence-corrected chi connectivity index (χ0v) is 34.1. The largest absolute Gasteiger partial charge is 0.481 e. The molecule has 3 N–H and O–H groups in total. The number of β-amino-alcohol motifs (C(OH)–C–C–N with tert-alkyl or cyclic N) is 1. The average molecular weight is 842 g/mol. The molecule has 3 aromatic heterocycles. The first-order chi connectivity index (χ1) is 28.5. The minimum Gasteiger partial charge on any atom is -0.481 e. The summed E-state index contributed by atoms with van der Waals surface area (Å²) in [5.74, 6) is -0.137. The third-order valence-electron chi connectivity index (χ3n) is 11.7. The molecule has 1 saturated carbocycles. The summed E-state index contributed by atoms with van der Waals surface area (Å²) in [6.07, 6.45) is 6.57. The maximum absolute atomic E-state index is 16.5. The van der Waals surface area contributed by atoms with Crippen molar-refractivity contribution in [1.82, 2.24) is 29.5 Å². The molecule has 13 nitrogen and oxygen atoms in total. The van der Waals surface area contributed by atoms with E-state index in [0.29, 0.717) is 92.6 Å². The first-order valence-corrected chi connectivity index (χ1v) is 21.9. The summed E-state index contributed by atoms with van der Waals surface area (Å²) in [7, 11) is -2.01. The first-order valence-electron chi connectivity index (χ1n) is 20.0. The molecule has 9 rings (SSSR count). The molecule has 308 valence electrons. The highest BCUT2D eigenvalue weighted by Crippen LogP contribution is 2.43. The monoisotopic (exact) mass is 841 g/mol. The molecule has 0 bridgehead atoms. The molecule has 1 amide bonds. The van der Waals surface area contributed by atoms with Crippen LogP contribution < -0.4 is 19.5 Å². The van der Waals surface area contributed by atoms with Crippen LogP contribution in [-0.2, 0) is 34.3 Å². The van der Waals surface area contributed by atoms with Crippen LogP contribution in [0.1, 0.15) is 60.5 Å². The van der Waals surface area contributed by atoms with Crippen molar-refractivity contribution < 1.29 is 32.2 Å². The van der Waals surface area contributed by atoms with Crippen molar-refractivity contribution in [2.75, 3.05) is 38.6 Å². The topological polar surface area (TPSA) is 159 Å². The van der Waals surface area contributed by atoms with Crippen molar-refractivity contribution in [3.8, 4) is 22.9 Å². The van der Waals surface area contributed by atoms with E-state index in [-0.39, 0.29) is 29.7 Å². The van der Waals surface area contributed by atoms with Gasteiger partial charge in [0.2, 0.25) is 27.7 Å². The van der Waals surface area contributed by atoms with Crippen molar-refractivity contribution in [2.45, 2.75) is 69.1 Å². The molecule has 2 aliphatic carbocycles. The van der Waals surface area contributed by atoms with Crippen LogP contribution in [0.4, 0.5) is 15.9 Å². The molecule has 16 heteroatoms. The average Bonchev–Trinajstić information content (AvgIpc) is 3.67. The van der Waals surface area contributed by atoms with Gasteiger partial charge in [-0.15, -0.1) is 0 Å². The molecule has 0 radical (unpaired) electrons. The third kappa shape index (κ3) is 8.31. The van der Waals surface area contributed by atoms with Gasteiger partial charge in [-0.05, 0) is 91.6 Å². The normalized spacial score (nSPS) is 20.8. The Labute approximate surface area is 347 Å². The van der Waals surface area contributed by atoms with Gasteiger partial charge >= 0.3 is 0 Å². The van der Waals surface area contributed by atoms with Crippen LogP contribution in [0.2, 0.25) is 5.02 Å². The van der Waals surface area contributed by atoms with Crippen LogP contribution in [-0.4, -0.2) is 88.8 Å². The van der Waals surface area contributed by atoms with Gasteiger partial charge in [0.25, 0.3) is 0 Å². The summed E-state index contributed by atoms with van der Waals surface area (Å²) in [6, 6.07) is 16.8. The third-order valence-corrected chi connectivity index (χ3v) is 13.8. The second kappa shape index (κ2) is 16.3. The molecule has 59 heavy (non-hydrogen) atoms. The van der Waals surface area contributed by atoms with Crippen LogP contribution in [0.5, 0.6) is 11.8 Å². The SMILES string of the molecule is COc1nc(O[C@@H]2CCc3c(-c4cccc(Nc5nccc6cc(CN7CC[C@@H](C(=O)NS(=O)(=O)C8CC8)C7)cnc56)c4F)cccc32)c(Cl)cc1CN1CC[C@@H](O)C1. The van der Waals surface area contributed by atoms with Crippen LogP contribution in [0.25, 0.3) is 22.0 Å². The molecule has 5 aromatic rings. The minimum absolute atomic E-state index is 0.258. The molecule has 2 saturated heterocycles. The molecule has 2 aromatic carbocycles. The Morgan fingerprint density at radius 3 is 2.56 bits per heavy atom. The van der Waals surface area contributed by atoms with Crippen molar-refractivity contribution in [3.63, 3.8) is 0 Å². The number of amides is 1. The number of pyridine rings is 3. The van der Waals surface area contributed by atoms with E-state index >= 15 is 4.39 Å². The Morgan fingerprint density at radius 1 is 0.966 bits per heavy atom. The quantitative estimate of drug-likeness (QED) is 0.122. The summed E-state index contributed by atoms with van der Waals surface area (Å²) in [5, 5.41) is 13.9. The number of aliphatic hydroxyl groups excluding tert-OH is 1. The number of fused-ring (bicyclic) bond motifs is 2. The van der Waals surface area contributed by atoms with Crippen LogP contribution in [0, 0.1) is 11.7 Å². The summed E-state index contributed by atoms with van der Waals surface area (Å²) < 4.78 is 55.4. The van der Waals surface area contributed by atoms with E-state index < -0.39 is 27.0 Å². The van der Waals surface area contributed by atoms with E-state index in [1.165, 1.54) is 0 Å². The number of likely N-dealkylation sites (tertiary alicyclic amines) is 2. The molecule has 3 fully saturated rings. The highest BCUT2D eigenvalue weighted by atomic mass is 35.5. The number of aliphatic hydroxyl groups is 1. The van der Waals surface area contributed by atoms with Gasteiger partial charge in [-0.2, -0.15) is 4.98 Å². The lowest BCUT2D eigenvalue weighted by Crippen LogP contribution is -2.38.